The van der Waals surface area contributed by atoms with Gasteiger partial charge in [-0.05, 0) is 23.4 Å². The molecular weight excluding hydrogens is 260 g/mol. The summed E-state index contributed by atoms with van der Waals surface area (Å²) < 4.78 is 7.07. The van der Waals surface area contributed by atoms with E-state index in [4.69, 9.17) is 4.74 Å². The van der Waals surface area contributed by atoms with E-state index in [1.807, 2.05) is 28.8 Å². The van der Waals surface area contributed by atoms with Gasteiger partial charge < -0.3 is 9.30 Å². The van der Waals surface area contributed by atoms with E-state index in [-0.39, 0.29) is 0 Å². The average molecular weight is 276 g/mol. The Morgan fingerprint density at radius 1 is 1.37 bits per heavy atom. The van der Waals surface area contributed by atoms with Crippen LogP contribution < -0.4 is 4.74 Å². The summed E-state index contributed by atoms with van der Waals surface area (Å²) in [6.45, 7) is 2.71. The van der Waals surface area contributed by atoms with Crippen molar-refractivity contribution in [1.29, 1.82) is 0 Å². The fraction of sp³-hybridized carbons (Fsp3) is 0.286. The molecule has 0 aliphatic rings. The third-order valence-electron chi connectivity index (χ3n) is 2.74. The molecular formula is C14H16N2O2S. The van der Waals surface area contributed by atoms with Crippen molar-refractivity contribution in [2.24, 2.45) is 0 Å². The van der Waals surface area contributed by atoms with Crippen molar-refractivity contribution in [2.45, 2.75) is 18.6 Å². The number of ether oxygens (including phenoxy) is 1. The van der Waals surface area contributed by atoms with E-state index < -0.39 is 0 Å². The molecule has 1 aromatic heterocycles. The van der Waals surface area contributed by atoms with E-state index in [1.54, 1.807) is 25.1 Å². The molecule has 100 valence electrons. The van der Waals surface area contributed by atoms with Crippen LogP contribution in [0.4, 0.5) is 0 Å². The maximum Gasteiger partial charge on any atom is 0.168 e. The summed E-state index contributed by atoms with van der Waals surface area (Å²) in [4.78, 5) is 15.3. The number of aldehydes is 1. The minimum absolute atomic E-state index is 0.603. The van der Waals surface area contributed by atoms with Gasteiger partial charge in [-0.25, -0.2) is 4.98 Å². The summed E-state index contributed by atoms with van der Waals surface area (Å²) in [5.74, 6) is 1.76. The van der Waals surface area contributed by atoms with E-state index in [1.165, 1.54) is 0 Å². The number of carbonyl (C=O) groups is 1. The highest BCUT2D eigenvalue weighted by molar-refractivity contribution is 7.99. The lowest BCUT2D eigenvalue weighted by atomic mass is 10.2. The van der Waals surface area contributed by atoms with Gasteiger partial charge in [0.05, 0.1) is 19.9 Å². The first-order chi connectivity index (χ1) is 9.28. The van der Waals surface area contributed by atoms with Gasteiger partial charge in [-0.2, -0.15) is 0 Å². The number of aromatic nitrogens is 2. The van der Waals surface area contributed by atoms with Crippen LogP contribution in [0.25, 0.3) is 0 Å². The molecule has 0 atom stereocenters. The van der Waals surface area contributed by atoms with Crippen LogP contribution in [0, 0.1) is 0 Å². The number of hydrogen-bond donors (Lipinski definition) is 0. The summed E-state index contributed by atoms with van der Waals surface area (Å²) in [5, 5.41) is 0.875. The first-order valence-corrected chi connectivity index (χ1v) is 7.03. The summed E-state index contributed by atoms with van der Waals surface area (Å²) in [5.41, 5.74) is 1.71. The Hall–Kier alpha value is -1.75. The Bertz CT molecular complexity index is 549. The Morgan fingerprint density at radius 3 is 2.68 bits per heavy atom. The number of benzene rings is 1. The maximum absolute atomic E-state index is 11.0. The monoisotopic (exact) mass is 276 g/mol. The molecule has 0 saturated carbocycles. The number of carbonyl (C=O) groups excluding carboxylic acids is 1. The lowest BCUT2D eigenvalue weighted by Gasteiger charge is -2.09. The third-order valence-corrected chi connectivity index (χ3v) is 3.62. The zero-order valence-corrected chi connectivity index (χ0v) is 11.8. The molecule has 0 saturated heterocycles. The molecule has 0 unspecified atom stereocenters. The van der Waals surface area contributed by atoms with Gasteiger partial charge in [-0.15, -0.1) is 0 Å². The predicted molar refractivity (Wildman–Crippen MR) is 76.1 cm³/mol. The standard InChI is InChI=1S/C14H16N2O2S/c1-3-19-14-15-8-12(10-17)16(14)9-11-4-6-13(18-2)7-5-11/h4-8,10H,3,9H2,1-2H3. The van der Waals surface area contributed by atoms with Gasteiger partial charge in [0.1, 0.15) is 11.4 Å². The molecule has 0 aliphatic heterocycles. The van der Waals surface area contributed by atoms with Crippen LogP contribution in [0.1, 0.15) is 23.0 Å². The van der Waals surface area contributed by atoms with Gasteiger partial charge in [0, 0.05) is 0 Å². The minimum atomic E-state index is 0.603. The fourth-order valence-electron chi connectivity index (χ4n) is 1.78. The zero-order valence-electron chi connectivity index (χ0n) is 11.0. The average Bonchev–Trinajstić information content (AvgIpc) is 2.82. The van der Waals surface area contributed by atoms with Gasteiger partial charge in [0.25, 0.3) is 0 Å². The molecule has 0 amide bonds. The second kappa shape index (κ2) is 6.43. The minimum Gasteiger partial charge on any atom is -0.497 e. The number of hydrogen-bond acceptors (Lipinski definition) is 4. The highest BCUT2D eigenvalue weighted by atomic mass is 32.2. The molecule has 2 rings (SSSR count). The van der Waals surface area contributed by atoms with Crippen molar-refractivity contribution in [2.75, 3.05) is 12.9 Å². The number of methoxy groups -OCH3 is 1. The van der Waals surface area contributed by atoms with Crippen molar-refractivity contribution in [1.82, 2.24) is 9.55 Å². The van der Waals surface area contributed by atoms with E-state index in [0.717, 1.165) is 28.5 Å². The topological polar surface area (TPSA) is 44.1 Å². The van der Waals surface area contributed by atoms with Crippen LogP contribution in [0.15, 0.2) is 35.6 Å². The number of nitrogens with zero attached hydrogens (tertiary/aromatic N) is 2. The lowest BCUT2D eigenvalue weighted by molar-refractivity contribution is 0.111. The summed E-state index contributed by atoms with van der Waals surface area (Å²) in [6.07, 6.45) is 2.46. The van der Waals surface area contributed by atoms with Gasteiger partial charge in [-0.1, -0.05) is 30.8 Å². The molecule has 2 aromatic rings. The molecule has 0 radical (unpaired) electrons. The molecule has 0 N–H and O–H groups in total. The number of thioether (sulfide) groups is 1. The van der Waals surface area contributed by atoms with Gasteiger partial charge >= 0.3 is 0 Å². The maximum atomic E-state index is 11.0. The van der Waals surface area contributed by atoms with E-state index in [2.05, 4.69) is 11.9 Å². The molecule has 1 heterocycles. The lowest BCUT2D eigenvalue weighted by Crippen LogP contribution is -2.05. The van der Waals surface area contributed by atoms with Crippen LogP contribution in [-0.4, -0.2) is 28.7 Å². The third kappa shape index (κ3) is 3.17. The molecule has 0 fully saturated rings. The highest BCUT2D eigenvalue weighted by Gasteiger charge is 2.09. The molecule has 0 aliphatic carbocycles. The van der Waals surface area contributed by atoms with Crippen molar-refractivity contribution in [3.63, 3.8) is 0 Å². The predicted octanol–water partition coefficient (Wildman–Crippen LogP) is 2.86. The Kier molecular flexibility index (Phi) is 4.63. The van der Waals surface area contributed by atoms with E-state index in [9.17, 15) is 4.79 Å². The first kappa shape index (κ1) is 13.7. The van der Waals surface area contributed by atoms with Crippen LogP contribution >= 0.6 is 11.8 Å². The van der Waals surface area contributed by atoms with Crippen LogP contribution in [0.5, 0.6) is 5.75 Å². The second-order valence-corrected chi connectivity index (χ2v) is 5.18. The molecule has 1 aromatic carbocycles. The normalized spacial score (nSPS) is 10.4. The number of imidazole rings is 1. The summed E-state index contributed by atoms with van der Waals surface area (Å²) in [7, 11) is 1.64. The molecule has 4 nitrogen and oxygen atoms in total. The van der Waals surface area contributed by atoms with Crippen molar-refractivity contribution < 1.29 is 9.53 Å². The van der Waals surface area contributed by atoms with Crippen molar-refractivity contribution >= 4 is 18.0 Å². The molecule has 19 heavy (non-hydrogen) atoms. The molecule has 5 heteroatoms. The largest absolute Gasteiger partial charge is 0.497 e. The quantitative estimate of drug-likeness (QED) is 0.601. The SMILES string of the molecule is CCSc1ncc(C=O)n1Cc1ccc(OC)cc1. The number of rotatable bonds is 6. The Labute approximate surface area is 116 Å². The van der Waals surface area contributed by atoms with Crippen LogP contribution in [-0.2, 0) is 6.54 Å². The van der Waals surface area contributed by atoms with Gasteiger partial charge in [0.15, 0.2) is 11.4 Å². The van der Waals surface area contributed by atoms with E-state index >= 15 is 0 Å². The van der Waals surface area contributed by atoms with Gasteiger partial charge in [0.2, 0.25) is 0 Å². The molecule has 0 bridgehead atoms. The van der Waals surface area contributed by atoms with Crippen molar-refractivity contribution in [3.8, 4) is 5.75 Å². The van der Waals surface area contributed by atoms with Crippen LogP contribution in [0.3, 0.4) is 0 Å². The fourth-order valence-corrected chi connectivity index (χ4v) is 2.49. The van der Waals surface area contributed by atoms with Crippen molar-refractivity contribution in [3.05, 3.63) is 41.7 Å². The highest BCUT2D eigenvalue weighted by Crippen LogP contribution is 2.20. The van der Waals surface area contributed by atoms with Crippen LogP contribution in [0.2, 0.25) is 0 Å². The Balaban J connectivity index is 2.25. The summed E-state index contributed by atoms with van der Waals surface area (Å²) in [6, 6.07) is 7.82. The zero-order chi connectivity index (χ0) is 13.7. The Morgan fingerprint density at radius 2 is 2.11 bits per heavy atom. The summed E-state index contributed by atoms with van der Waals surface area (Å²) >= 11 is 1.63. The van der Waals surface area contributed by atoms with E-state index in [0.29, 0.717) is 12.2 Å². The van der Waals surface area contributed by atoms with Gasteiger partial charge in [-0.3, -0.25) is 4.79 Å². The smallest absolute Gasteiger partial charge is 0.168 e. The molecule has 0 spiro atoms. The first-order valence-electron chi connectivity index (χ1n) is 6.05. The second-order valence-electron chi connectivity index (χ2n) is 3.95.